The van der Waals surface area contributed by atoms with Crippen molar-refractivity contribution < 1.29 is 19.8 Å². The van der Waals surface area contributed by atoms with Crippen molar-refractivity contribution in [2.45, 2.75) is 38.3 Å². The number of rotatable bonds is 7. The Kier molecular flexibility index (Phi) is 5.90. The number of urea groups is 1. The topological polar surface area (TPSA) is 112 Å². The van der Waals surface area contributed by atoms with E-state index in [0.29, 0.717) is 6.42 Å². The van der Waals surface area contributed by atoms with Gasteiger partial charge in [0.15, 0.2) is 0 Å². The smallest absolute Gasteiger partial charge is 0.315 e. The molecule has 20 heavy (non-hydrogen) atoms. The Morgan fingerprint density at radius 3 is 2.75 bits per heavy atom. The van der Waals surface area contributed by atoms with Gasteiger partial charge in [-0.1, -0.05) is 6.92 Å². The summed E-state index contributed by atoms with van der Waals surface area (Å²) in [5, 5.41) is 26.2. The van der Waals surface area contributed by atoms with E-state index in [1.165, 1.54) is 18.3 Å². The van der Waals surface area contributed by atoms with Gasteiger partial charge in [-0.25, -0.2) is 9.78 Å². The molecule has 1 heterocycles. The van der Waals surface area contributed by atoms with Gasteiger partial charge in [0, 0.05) is 18.1 Å². The van der Waals surface area contributed by atoms with Crippen LogP contribution in [0.3, 0.4) is 0 Å². The van der Waals surface area contributed by atoms with Crippen LogP contribution in [0.2, 0.25) is 0 Å². The number of nitrogens with one attached hydrogen (secondary N) is 2. The number of amides is 2. The predicted molar refractivity (Wildman–Crippen MR) is 74.6 cm³/mol. The van der Waals surface area contributed by atoms with Crippen LogP contribution >= 0.6 is 11.3 Å². The van der Waals surface area contributed by atoms with E-state index in [4.69, 9.17) is 5.11 Å². The van der Waals surface area contributed by atoms with Gasteiger partial charge in [-0.15, -0.1) is 11.3 Å². The Bertz CT molecular complexity index is 448. The maximum atomic E-state index is 11.7. The minimum atomic E-state index is -1.48. The number of hydrogen-bond donors (Lipinski definition) is 4. The van der Waals surface area contributed by atoms with Gasteiger partial charge in [0.25, 0.3) is 0 Å². The van der Waals surface area contributed by atoms with E-state index in [-0.39, 0.29) is 12.6 Å². The van der Waals surface area contributed by atoms with Gasteiger partial charge in [0.2, 0.25) is 0 Å². The molecule has 0 aromatic carbocycles. The molecule has 0 radical (unpaired) electrons. The standard InChI is InChI=1S/C12H19N3O4S/c1-3-8(10-13-4-5-20-10)15-11(18)14-7-12(2,19)6-9(16)17/h4-5,8,19H,3,6-7H2,1-2H3,(H,16,17)(H2,14,15,18). The van der Waals surface area contributed by atoms with Gasteiger partial charge in [-0.3, -0.25) is 4.79 Å². The fourth-order valence-corrected chi connectivity index (χ4v) is 2.39. The van der Waals surface area contributed by atoms with E-state index in [0.717, 1.165) is 5.01 Å². The number of carboxylic acids is 1. The Morgan fingerprint density at radius 1 is 1.55 bits per heavy atom. The minimum Gasteiger partial charge on any atom is -0.481 e. The van der Waals surface area contributed by atoms with Crippen molar-refractivity contribution in [1.29, 1.82) is 0 Å². The van der Waals surface area contributed by atoms with E-state index in [2.05, 4.69) is 15.6 Å². The molecule has 0 fully saturated rings. The molecule has 2 atom stereocenters. The third kappa shape index (κ3) is 5.54. The third-order valence-corrected chi connectivity index (χ3v) is 3.51. The van der Waals surface area contributed by atoms with E-state index in [9.17, 15) is 14.7 Å². The van der Waals surface area contributed by atoms with Gasteiger partial charge in [-0.2, -0.15) is 0 Å². The quantitative estimate of drug-likeness (QED) is 0.603. The van der Waals surface area contributed by atoms with Crippen molar-refractivity contribution in [3.05, 3.63) is 16.6 Å². The SMILES string of the molecule is CCC(NC(=O)NCC(C)(O)CC(=O)O)c1nccs1. The van der Waals surface area contributed by atoms with E-state index < -0.39 is 24.0 Å². The van der Waals surface area contributed by atoms with Crippen LogP contribution in [0.5, 0.6) is 0 Å². The van der Waals surface area contributed by atoms with Gasteiger partial charge < -0.3 is 20.8 Å². The van der Waals surface area contributed by atoms with Crippen LogP contribution in [0, 0.1) is 0 Å². The molecular formula is C12H19N3O4S. The maximum Gasteiger partial charge on any atom is 0.315 e. The Balaban J connectivity index is 2.45. The van der Waals surface area contributed by atoms with Crippen molar-refractivity contribution in [3.63, 3.8) is 0 Å². The zero-order valence-corrected chi connectivity index (χ0v) is 12.2. The summed E-state index contributed by atoms with van der Waals surface area (Å²) in [6.45, 7) is 3.14. The average Bonchev–Trinajstić information content (AvgIpc) is 2.85. The second kappa shape index (κ2) is 7.20. The molecule has 0 spiro atoms. The van der Waals surface area contributed by atoms with Crippen LogP contribution in [-0.2, 0) is 4.79 Å². The zero-order chi connectivity index (χ0) is 15.2. The van der Waals surface area contributed by atoms with E-state index in [1.54, 1.807) is 6.20 Å². The van der Waals surface area contributed by atoms with Crippen molar-refractivity contribution in [1.82, 2.24) is 15.6 Å². The van der Waals surface area contributed by atoms with Crippen molar-refractivity contribution in [3.8, 4) is 0 Å². The molecular weight excluding hydrogens is 282 g/mol. The van der Waals surface area contributed by atoms with Gasteiger partial charge in [-0.05, 0) is 13.3 Å². The first-order valence-corrected chi connectivity index (χ1v) is 7.10. The van der Waals surface area contributed by atoms with Gasteiger partial charge in [0.1, 0.15) is 5.01 Å². The van der Waals surface area contributed by atoms with Crippen LogP contribution < -0.4 is 10.6 Å². The Labute approximate surface area is 121 Å². The lowest BCUT2D eigenvalue weighted by atomic mass is 10.0. The number of thiazole rings is 1. The lowest BCUT2D eigenvalue weighted by molar-refractivity contribution is -0.141. The summed E-state index contributed by atoms with van der Waals surface area (Å²) in [6.07, 6.45) is 1.92. The van der Waals surface area contributed by atoms with Crippen LogP contribution in [0.25, 0.3) is 0 Å². The predicted octanol–water partition coefficient (Wildman–Crippen LogP) is 1.12. The molecule has 0 aliphatic heterocycles. The van der Waals surface area contributed by atoms with Crippen molar-refractivity contribution in [2.75, 3.05) is 6.54 Å². The van der Waals surface area contributed by atoms with Gasteiger partial charge in [0.05, 0.1) is 18.1 Å². The van der Waals surface area contributed by atoms with E-state index >= 15 is 0 Å². The molecule has 0 aliphatic rings. The summed E-state index contributed by atoms with van der Waals surface area (Å²) in [5.41, 5.74) is -1.48. The number of aliphatic carboxylic acids is 1. The fraction of sp³-hybridized carbons (Fsp3) is 0.583. The molecule has 2 unspecified atom stereocenters. The number of aromatic nitrogens is 1. The molecule has 0 saturated carbocycles. The van der Waals surface area contributed by atoms with Crippen LogP contribution in [-0.4, -0.2) is 39.3 Å². The summed E-state index contributed by atoms with van der Waals surface area (Å²) in [5.74, 6) is -1.12. The summed E-state index contributed by atoms with van der Waals surface area (Å²) in [4.78, 5) is 26.4. The summed E-state index contributed by atoms with van der Waals surface area (Å²) in [7, 11) is 0. The molecule has 7 nitrogen and oxygen atoms in total. The fourth-order valence-electron chi connectivity index (χ4n) is 1.61. The highest BCUT2D eigenvalue weighted by Crippen LogP contribution is 2.18. The number of nitrogens with zero attached hydrogens (tertiary/aromatic N) is 1. The van der Waals surface area contributed by atoms with Crippen LogP contribution in [0.4, 0.5) is 4.79 Å². The first-order valence-electron chi connectivity index (χ1n) is 6.22. The molecule has 0 bridgehead atoms. The number of carboxylic acid groups (broad SMARTS) is 1. The molecule has 112 valence electrons. The molecule has 4 N–H and O–H groups in total. The normalized spacial score (nSPS) is 15.2. The number of carbonyl (C=O) groups excluding carboxylic acids is 1. The molecule has 0 aliphatic carbocycles. The molecule has 0 saturated heterocycles. The summed E-state index contributed by atoms with van der Waals surface area (Å²) >= 11 is 1.45. The van der Waals surface area contributed by atoms with Crippen LogP contribution in [0.15, 0.2) is 11.6 Å². The molecule has 1 aromatic rings. The van der Waals surface area contributed by atoms with Crippen molar-refractivity contribution >= 4 is 23.3 Å². The molecule has 1 rings (SSSR count). The van der Waals surface area contributed by atoms with Gasteiger partial charge >= 0.3 is 12.0 Å². The highest BCUT2D eigenvalue weighted by molar-refractivity contribution is 7.09. The largest absolute Gasteiger partial charge is 0.481 e. The second-order valence-corrected chi connectivity index (χ2v) is 5.65. The highest BCUT2D eigenvalue weighted by Gasteiger charge is 2.25. The maximum absolute atomic E-state index is 11.7. The van der Waals surface area contributed by atoms with Crippen LogP contribution in [0.1, 0.15) is 37.7 Å². The number of hydrogen-bond acceptors (Lipinski definition) is 5. The molecule has 2 amide bonds. The summed E-state index contributed by atoms with van der Waals surface area (Å²) < 4.78 is 0. The first-order chi connectivity index (χ1) is 9.34. The Morgan fingerprint density at radius 2 is 2.25 bits per heavy atom. The number of carbonyl (C=O) groups is 2. The average molecular weight is 301 g/mol. The highest BCUT2D eigenvalue weighted by atomic mass is 32.1. The first kappa shape index (κ1) is 16.4. The molecule has 8 heteroatoms. The lowest BCUT2D eigenvalue weighted by Crippen LogP contribution is -2.46. The van der Waals surface area contributed by atoms with Crippen molar-refractivity contribution in [2.24, 2.45) is 0 Å². The molecule has 1 aromatic heterocycles. The third-order valence-electron chi connectivity index (χ3n) is 2.62. The Hall–Kier alpha value is -1.67. The summed E-state index contributed by atoms with van der Waals surface area (Å²) in [6, 6.07) is -0.655. The monoisotopic (exact) mass is 301 g/mol. The minimum absolute atomic E-state index is 0.139. The zero-order valence-electron chi connectivity index (χ0n) is 11.4. The second-order valence-electron chi connectivity index (χ2n) is 4.73. The van der Waals surface area contributed by atoms with E-state index in [1.807, 2.05) is 12.3 Å². The number of aliphatic hydroxyl groups is 1. The lowest BCUT2D eigenvalue weighted by Gasteiger charge is -2.22.